The molecule has 2 heteroatoms. The maximum Gasteiger partial charge on any atom is 0.0886 e. The number of allylic oxidation sites excluding steroid dienone is 1. The fourth-order valence-electron chi connectivity index (χ4n) is 1.38. The lowest BCUT2D eigenvalue weighted by Gasteiger charge is -2.23. The molecule has 14 heavy (non-hydrogen) atoms. The Balaban J connectivity index is 2.85. The molecular weight excluding hydrogens is 174 g/mol. The Morgan fingerprint density at radius 3 is 2.86 bits per heavy atom. The van der Waals surface area contributed by atoms with Gasteiger partial charge >= 0.3 is 0 Å². The van der Waals surface area contributed by atoms with E-state index >= 15 is 0 Å². The van der Waals surface area contributed by atoms with Crippen molar-refractivity contribution in [2.45, 2.75) is 32.3 Å². The Morgan fingerprint density at radius 1 is 1.57 bits per heavy atom. The van der Waals surface area contributed by atoms with Crippen molar-refractivity contribution in [3.63, 3.8) is 0 Å². The van der Waals surface area contributed by atoms with Gasteiger partial charge in [-0.25, -0.2) is 0 Å². The first-order chi connectivity index (χ1) is 6.56. The normalized spacial score (nSPS) is 14.8. The summed E-state index contributed by atoms with van der Waals surface area (Å²) in [4.78, 5) is 4.07. The van der Waals surface area contributed by atoms with Crippen molar-refractivity contribution in [1.82, 2.24) is 4.98 Å². The van der Waals surface area contributed by atoms with Crippen LogP contribution in [0, 0.1) is 6.92 Å². The number of aliphatic hydroxyl groups is 1. The van der Waals surface area contributed by atoms with E-state index in [1.165, 1.54) is 0 Å². The molecule has 1 atom stereocenters. The van der Waals surface area contributed by atoms with E-state index in [9.17, 15) is 5.11 Å². The van der Waals surface area contributed by atoms with Gasteiger partial charge in [0.2, 0.25) is 0 Å². The first-order valence-electron chi connectivity index (χ1n) is 4.81. The SMILES string of the molecule is C=CCCC(C)(O)c1cncc(C)c1. The van der Waals surface area contributed by atoms with E-state index in [0.29, 0.717) is 6.42 Å². The van der Waals surface area contributed by atoms with E-state index in [4.69, 9.17) is 0 Å². The van der Waals surface area contributed by atoms with E-state index in [2.05, 4.69) is 11.6 Å². The van der Waals surface area contributed by atoms with Crippen LogP contribution in [-0.4, -0.2) is 10.1 Å². The van der Waals surface area contributed by atoms with Gasteiger partial charge in [0.15, 0.2) is 0 Å². The van der Waals surface area contributed by atoms with Crippen LogP contribution in [0.1, 0.15) is 30.9 Å². The molecule has 76 valence electrons. The highest BCUT2D eigenvalue weighted by molar-refractivity contribution is 5.22. The summed E-state index contributed by atoms with van der Waals surface area (Å²) in [6, 6.07) is 1.97. The van der Waals surface area contributed by atoms with E-state index < -0.39 is 5.60 Å². The molecule has 1 unspecified atom stereocenters. The van der Waals surface area contributed by atoms with Gasteiger partial charge in [-0.1, -0.05) is 12.1 Å². The molecule has 0 aliphatic rings. The van der Waals surface area contributed by atoms with Gasteiger partial charge in [0, 0.05) is 18.0 Å². The summed E-state index contributed by atoms with van der Waals surface area (Å²) < 4.78 is 0. The second-order valence-electron chi connectivity index (χ2n) is 3.85. The van der Waals surface area contributed by atoms with Crippen LogP contribution >= 0.6 is 0 Å². The number of aromatic nitrogens is 1. The largest absolute Gasteiger partial charge is 0.385 e. The maximum absolute atomic E-state index is 10.2. The lowest BCUT2D eigenvalue weighted by molar-refractivity contribution is 0.0484. The summed E-state index contributed by atoms with van der Waals surface area (Å²) in [5.41, 5.74) is 1.15. The molecule has 0 fully saturated rings. The molecule has 1 N–H and O–H groups in total. The highest BCUT2D eigenvalue weighted by Crippen LogP contribution is 2.25. The highest BCUT2D eigenvalue weighted by Gasteiger charge is 2.22. The molecule has 1 heterocycles. The van der Waals surface area contributed by atoms with Crippen LogP contribution in [0.25, 0.3) is 0 Å². The lowest BCUT2D eigenvalue weighted by atomic mass is 9.92. The molecule has 2 nitrogen and oxygen atoms in total. The summed E-state index contributed by atoms with van der Waals surface area (Å²) in [7, 11) is 0. The zero-order chi connectivity index (χ0) is 10.6. The minimum atomic E-state index is -0.798. The third-order valence-corrected chi connectivity index (χ3v) is 2.33. The number of aryl methyl sites for hydroxylation is 1. The van der Waals surface area contributed by atoms with Gasteiger partial charge in [-0.3, -0.25) is 4.98 Å². The summed E-state index contributed by atoms with van der Waals surface area (Å²) in [6.45, 7) is 7.43. The maximum atomic E-state index is 10.2. The van der Waals surface area contributed by atoms with Gasteiger partial charge < -0.3 is 5.11 Å². The van der Waals surface area contributed by atoms with Crippen LogP contribution in [0.15, 0.2) is 31.1 Å². The molecule has 0 bridgehead atoms. The molecule has 0 radical (unpaired) electrons. The van der Waals surface area contributed by atoms with Crippen molar-refractivity contribution >= 4 is 0 Å². The minimum absolute atomic E-state index is 0.682. The van der Waals surface area contributed by atoms with Gasteiger partial charge in [0.05, 0.1) is 5.60 Å². The number of nitrogens with zero attached hydrogens (tertiary/aromatic N) is 1. The lowest BCUT2D eigenvalue weighted by Crippen LogP contribution is -2.21. The van der Waals surface area contributed by atoms with Gasteiger partial charge in [-0.15, -0.1) is 6.58 Å². The molecular formula is C12H17NO. The summed E-state index contributed by atoms with van der Waals surface area (Å²) in [5.74, 6) is 0. The molecule has 0 aliphatic heterocycles. The standard InChI is InChI=1S/C12H17NO/c1-4-5-6-12(3,14)11-7-10(2)8-13-9-11/h4,7-9,14H,1,5-6H2,2-3H3. The van der Waals surface area contributed by atoms with E-state index in [0.717, 1.165) is 17.5 Å². The Kier molecular flexibility index (Phi) is 3.42. The molecule has 0 spiro atoms. The first kappa shape index (κ1) is 10.9. The Bertz CT molecular complexity index is 318. The fourth-order valence-corrected chi connectivity index (χ4v) is 1.38. The molecule has 1 aromatic heterocycles. The van der Waals surface area contributed by atoms with Crippen LogP contribution < -0.4 is 0 Å². The van der Waals surface area contributed by atoms with Gasteiger partial charge in [0.1, 0.15) is 0 Å². The van der Waals surface area contributed by atoms with Crippen LogP contribution in [0.3, 0.4) is 0 Å². The van der Waals surface area contributed by atoms with Gasteiger partial charge in [-0.2, -0.15) is 0 Å². The van der Waals surface area contributed by atoms with E-state index in [1.807, 2.05) is 26.0 Å². The van der Waals surface area contributed by atoms with Crippen LogP contribution in [0.5, 0.6) is 0 Å². The average molecular weight is 191 g/mol. The van der Waals surface area contributed by atoms with Crippen molar-refractivity contribution in [2.75, 3.05) is 0 Å². The summed E-state index contributed by atoms with van der Waals surface area (Å²) >= 11 is 0. The van der Waals surface area contributed by atoms with Crippen molar-refractivity contribution in [2.24, 2.45) is 0 Å². The highest BCUT2D eigenvalue weighted by atomic mass is 16.3. The van der Waals surface area contributed by atoms with Crippen LogP contribution in [0.2, 0.25) is 0 Å². The number of hydrogen-bond donors (Lipinski definition) is 1. The smallest absolute Gasteiger partial charge is 0.0886 e. The van der Waals surface area contributed by atoms with E-state index in [-0.39, 0.29) is 0 Å². The predicted molar refractivity (Wildman–Crippen MR) is 58.0 cm³/mol. The first-order valence-corrected chi connectivity index (χ1v) is 4.81. The molecule has 0 saturated heterocycles. The summed E-state index contributed by atoms with van der Waals surface area (Å²) in [6.07, 6.45) is 6.81. The third-order valence-electron chi connectivity index (χ3n) is 2.33. The second-order valence-corrected chi connectivity index (χ2v) is 3.85. The minimum Gasteiger partial charge on any atom is -0.385 e. The predicted octanol–water partition coefficient (Wildman–Crippen LogP) is 2.56. The molecule has 0 aromatic carbocycles. The van der Waals surface area contributed by atoms with Crippen molar-refractivity contribution in [1.29, 1.82) is 0 Å². The van der Waals surface area contributed by atoms with E-state index in [1.54, 1.807) is 12.4 Å². The molecule has 0 amide bonds. The molecule has 0 saturated carbocycles. The molecule has 1 rings (SSSR count). The Hall–Kier alpha value is -1.15. The van der Waals surface area contributed by atoms with Crippen molar-refractivity contribution < 1.29 is 5.11 Å². The van der Waals surface area contributed by atoms with Gasteiger partial charge in [-0.05, 0) is 32.3 Å². The zero-order valence-electron chi connectivity index (χ0n) is 8.83. The fraction of sp³-hybridized carbons (Fsp3) is 0.417. The quantitative estimate of drug-likeness (QED) is 0.742. The average Bonchev–Trinajstić information content (AvgIpc) is 2.15. The zero-order valence-corrected chi connectivity index (χ0v) is 8.83. The Morgan fingerprint density at radius 2 is 2.29 bits per heavy atom. The van der Waals surface area contributed by atoms with Gasteiger partial charge in [0.25, 0.3) is 0 Å². The third kappa shape index (κ3) is 2.67. The topological polar surface area (TPSA) is 33.1 Å². The number of rotatable bonds is 4. The second kappa shape index (κ2) is 4.38. The Labute approximate surface area is 85.3 Å². The van der Waals surface area contributed by atoms with Crippen molar-refractivity contribution in [3.05, 3.63) is 42.2 Å². The molecule has 0 aliphatic carbocycles. The molecule has 1 aromatic rings. The van der Waals surface area contributed by atoms with Crippen molar-refractivity contribution in [3.8, 4) is 0 Å². The number of hydrogen-bond acceptors (Lipinski definition) is 2. The number of pyridine rings is 1. The van der Waals surface area contributed by atoms with Crippen LogP contribution in [-0.2, 0) is 5.60 Å². The monoisotopic (exact) mass is 191 g/mol. The summed E-state index contributed by atoms with van der Waals surface area (Å²) in [5, 5.41) is 10.2. The van der Waals surface area contributed by atoms with Crippen LogP contribution in [0.4, 0.5) is 0 Å².